The lowest BCUT2D eigenvalue weighted by Gasteiger charge is -2.17. The summed E-state index contributed by atoms with van der Waals surface area (Å²) < 4.78 is 40.9. The standard InChI is InChI=1S/C28H27ClF2O4/c1-17(2)23-15-24(29)18(3)12-27(23)34-16-21-13-19(9-11-26(21)33-4)8-10-25(32)20-6-5-7-22(14-20)35-28(30)31/h5-15,17,28H,16H2,1-4H3/b10-8+. The average molecular weight is 501 g/mol. The molecule has 3 aromatic rings. The van der Waals surface area contributed by atoms with Gasteiger partial charge >= 0.3 is 6.61 Å². The Morgan fingerprint density at radius 2 is 1.83 bits per heavy atom. The van der Waals surface area contributed by atoms with E-state index in [4.69, 9.17) is 21.1 Å². The summed E-state index contributed by atoms with van der Waals surface area (Å²) in [6.07, 6.45) is 3.03. The highest BCUT2D eigenvalue weighted by Crippen LogP contribution is 2.33. The number of hydrogen-bond donors (Lipinski definition) is 0. The van der Waals surface area contributed by atoms with Crippen LogP contribution in [0.1, 0.15) is 52.4 Å². The molecule has 35 heavy (non-hydrogen) atoms. The first kappa shape index (κ1) is 26.2. The van der Waals surface area contributed by atoms with Gasteiger partial charge in [0.15, 0.2) is 5.78 Å². The third kappa shape index (κ3) is 7.06. The Balaban J connectivity index is 1.79. The van der Waals surface area contributed by atoms with Crippen molar-refractivity contribution in [3.63, 3.8) is 0 Å². The second-order valence-electron chi connectivity index (χ2n) is 8.26. The van der Waals surface area contributed by atoms with Crippen molar-refractivity contribution in [3.05, 3.63) is 93.5 Å². The van der Waals surface area contributed by atoms with Gasteiger partial charge in [0.25, 0.3) is 0 Å². The minimum Gasteiger partial charge on any atom is -0.496 e. The fraction of sp³-hybridized carbons (Fsp3) is 0.250. The predicted molar refractivity (Wildman–Crippen MR) is 134 cm³/mol. The summed E-state index contributed by atoms with van der Waals surface area (Å²) in [6.45, 7) is 3.38. The molecular weight excluding hydrogens is 474 g/mol. The number of carbonyl (C=O) groups is 1. The smallest absolute Gasteiger partial charge is 0.387 e. The molecule has 7 heteroatoms. The summed E-state index contributed by atoms with van der Waals surface area (Å²) in [5, 5.41) is 0.696. The van der Waals surface area contributed by atoms with Crippen LogP contribution in [0.5, 0.6) is 17.2 Å². The van der Waals surface area contributed by atoms with Crippen LogP contribution in [0.25, 0.3) is 6.08 Å². The first-order valence-corrected chi connectivity index (χ1v) is 11.4. The van der Waals surface area contributed by atoms with Crippen molar-refractivity contribution < 1.29 is 27.8 Å². The lowest BCUT2D eigenvalue weighted by atomic mass is 10.0. The lowest BCUT2D eigenvalue weighted by Crippen LogP contribution is -2.03. The Morgan fingerprint density at radius 1 is 1.06 bits per heavy atom. The largest absolute Gasteiger partial charge is 0.496 e. The second-order valence-corrected chi connectivity index (χ2v) is 8.66. The van der Waals surface area contributed by atoms with Crippen molar-refractivity contribution in [2.75, 3.05) is 7.11 Å². The van der Waals surface area contributed by atoms with Gasteiger partial charge in [-0.15, -0.1) is 0 Å². The number of hydrogen-bond acceptors (Lipinski definition) is 4. The summed E-state index contributed by atoms with van der Waals surface area (Å²) in [5.41, 5.74) is 3.75. The Hall–Kier alpha value is -3.38. The molecule has 0 saturated carbocycles. The molecule has 0 unspecified atom stereocenters. The van der Waals surface area contributed by atoms with Gasteiger partial charge in [0, 0.05) is 16.1 Å². The number of benzene rings is 3. The van der Waals surface area contributed by atoms with Crippen molar-refractivity contribution in [1.82, 2.24) is 0 Å². The number of rotatable bonds is 10. The minimum atomic E-state index is -2.95. The fourth-order valence-corrected chi connectivity index (χ4v) is 3.68. The van der Waals surface area contributed by atoms with E-state index in [9.17, 15) is 13.6 Å². The van der Waals surface area contributed by atoms with Gasteiger partial charge in [-0.25, -0.2) is 0 Å². The molecule has 0 aliphatic rings. The van der Waals surface area contributed by atoms with E-state index in [-0.39, 0.29) is 29.6 Å². The van der Waals surface area contributed by atoms with Crippen LogP contribution in [-0.4, -0.2) is 19.5 Å². The SMILES string of the molecule is COc1ccc(/C=C/C(=O)c2cccc(OC(F)F)c2)cc1COc1cc(C)c(Cl)cc1C(C)C. The van der Waals surface area contributed by atoms with Gasteiger partial charge < -0.3 is 14.2 Å². The maximum absolute atomic E-state index is 12.5. The first-order chi connectivity index (χ1) is 16.7. The number of ketones is 1. The molecule has 0 bridgehead atoms. The highest BCUT2D eigenvalue weighted by molar-refractivity contribution is 6.31. The maximum atomic E-state index is 12.5. The highest BCUT2D eigenvalue weighted by atomic mass is 35.5. The van der Waals surface area contributed by atoms with Crippen molar-refractivity contribution in [2.24, 2.45) is 0 Å². The molecular formula is C28H27ClF2O4. The molecule has 0 aromatic heterocycles. The molecule has 0 spiro atoms. The molecule has 0 fully saturated rings. The van der Waals surface area contributed by atoms with Crippen LogP contribution < -0.4 is 14.2 Å². The Kier molecular flexibility index (Phi) is 8.88. The molecule has 0 saturated heterocycles. The topological polar surface area (TPSA) is 44.8 Å². The van der Waals surface area contributed by atoms with E-state index in [1.165, 1.54) is 24.3 Å². The second kappa shape index (κ2) is 11.8. The molecule has 0 aliphatic carbocycles. The monoisotopic (exact) mass is 500 g/mol. The van der Waals surface area contributed by atoms with Crippen LogP contribution in [0.2, 0.25) is 5.02 Å². The lowest BCUT2D eigenvalue weighted by molar-refractivity contribution is -0.0498. The third-order valence-corrected chi connectivity index (χ3v) is 5.78. The fourth-order valence-electron chi connectivity index (χ4n) is 3.51. The zero-order valence-electron chi connectivity index (χ0n) is 20.0. The summed E-state index contributed by atoms with van der Waals surface area (Å²) in [6, 6.07) is 15.0. The van der Waals surface area contributed by atoms with Gasteiger partial charge in [-0.1, -0.05) is 49.7 Å². The highest BCUT2D eigenvalue weighted by Gasteiger charge is 2.13. The van der Waals surface area contributed by atoms with Crippen molar-refractivity contribution in [3.8, 4) is 17.2 Å². The number of aryl methyl sites for hydroxylation is 1. The van der Waals surface area contributed by atoms with Crippen LogP contribution >= 0.6 is 11.6 Å². The van der Waals surface area contributed by atoms with Crippen LogP contribution in [0.4, 0.5) is 8.78 Å². The number of alkyl halides is 2. The zero-order valence-corrected chi connectivity index (χ0v) is 20.7. The van der Waals surface area contributed by atoms with Gasteiger partial charge in [0.1, 0.15) is 23.9 Å². The average Bonchev–Trinajstić information content (AvgIpc) is 2.82. The van der Waals surface area contributed by atoms with Crippen LogP contribution in [0, 0.1) is 6.92 Å². The van der Waals surface area contributed by atoms with Gasteiger partial charge in [-0.05, 0) is 72.0 Å². The molecule has 0 N–H and O–H groups in total. The third-order valence-electron chi connectivity index (χ3n) is 5.37. The molecule has 0 radical (unpaired) electrons. The Bertz CT molecular complexity index is 1220. The molecule has 0 aliphatic heterocycles. The first-order valence-electron chi connectivity index (χ1n) is 11.0. The zero-order chi connectivity index (χ0) is 25.5. The number of methoxy groups -OCH3 is 1. The molecule has 3 aromatic carbocycles. The summed E-state index contributed by atoms with van der Waals surface area (Å²) >= 11 is 6.30. The van der Waals surface area contributed by atoms with E-state index in [2.05, 4.69) is 18.6 Å². The molecule has 0 heterocycles. The normalized spacial score (nSPS) is 11.3. The molecule has 4 nitrogen and oxygen atoms in total. The van der Waals surface area contributed by atoms with Gasteiger partial charge in [-0.3, -0.25) is 4.79 Å². The number of ether oxygens (including phenoxy) is 3. The maximum Gasteiger partial charge on any atom is 0.387 e. The van der Waals surface area contributed by atoms with Crippen molar-refractivity contribution >= 4 is 23.5 Å². The molecule has 0 atom stereocenters. The van der Waals surface area contributed by atoms with E-state index >= 15 is 0 Å². The summed E-state index contributed by atoms with van der Waals surface area (Å²) in [5.74, 6) is 1.24. The predicted octanol–water partition coefficient (Wildman–Crippen LogP) is 7.86. The van der Waals surface area contributed by atoms with E-state index < -0.39 is 6.61 Å². The summed E-state index contributed by atoms with van der Waals surface area (Å²) in [4.78, 5) is 12.5. The molecule has 184 valence electrons. The number of halogens is 3. The number of carbonyl (C=O) groups excluding carboxylic acids is 1. The van der Waals surface area contributed by atoms with E-state index in [1.54, 1.807) is 25.3 Å². The quantitative estimate of drug-likeness (QED) is 0.210. The van der Waals surface area contributed by atoms with Gasteiger partial charge in [0.05, 0.1) is 7.11 Å². The van der Waals surface area contributed by atoms with Crippen LogP contribution in [0.15, 0.2) is 60.7 Å². The Labute approximate surface area is 209 Å². The number of allylic oxidation sites excluding steroid dienone is 1. The van der Waals surface area contributed by atoms with Crippen LogP contribution in [0.3, 0.4) is 0 Å². The van der Waals surface area contributed by atoms with E-state index in [0.29, 0.717) is 10.8 Å². The molecule has 3 rings (SSSR count). The van der Waals surface area contributed by atoms with Crippen LogP contribution in [-0.2, 0) is 6.61 Å². The summed E-state index contributed by atoms with van der Waals surface area (Å²) in [7, 11) is 1.58. The molecule has 0 amide bonds. The van der Waals surface area contributed by atoms with E-state index in [1.807, 2.05) is 31.2 Å². The van der Waals surface area contributed by atoms with Crippen molar-refractivity contribution in [1.29, 1.82) is 0 Å². The Morgan fingerprint density at radius 3 is 2.51 bits per heavy atom. The van der Waals surface area contributed by atoms with E-state index in [0.717, 1.165) is 28.0 Å². The minimum absolute atomic E-state index is 0.0682. The van der Waals surface area contributed by atoms with Crippen molar-refractivity contribution in [2.45, 2.75) is 39.9 Å². The van der Waals surface area contributed by atoms with Gasteiger partial charge in [-0.2, -0.15) is 8.78 Å². The van der Waals surface area contributed by atoms with Gasteiger partial charge in [0.2, 0.25) is 0 Å².